The molecule has 1 aromatic heterocycles. The van der Waals surface area contributed by atoms with Gasteiger partial charge in [0.1, 0.15) is 0 Å². The molecule has 2 N–H and O–H groups in total. The normalized spacial score (nSPS) is 22.8. The topological polar surface area (TPSA) is 49.9 Å². The maximum absolute atomic E-state index is 5.46. The van der Waals surface area contributed by atoms with Crippen LogP contribution < -0.4 is 5.32 Å². The molecular weight excluding hydrogens is 238 g/mol. The molecule has 100 valence electrons. The van der Waals surface area contributed by atoms with Gasteiger partial charge in [-0.2, -0.15) is 5.10 Å². The second kappa shape index (κ2) is 5.15. The molecule has 0 bridgehead atoms. The van der Waals surface area contributed by atoms with Gasteiger partial charge in [-0.1, -0.05) is 30.3 Å². The molecule has 4 nitrogen and oxygen atoms in total. The summed E-state index contributed by atoms with van der Waals surface area (Å²) < 4.78 is 5.46. The quantitative estimate of drug-likeness (QED) is 0.884. The van der Waals surface area contributed by atoms with Gasteiger partial charge in [0.15, 0.2) is 0 Å². The van der Waals surface area contributed by atoms with Gasteiger partial charge in [-0.3, -0.25) is 5.10 Å². The Kier molecular flexibility index (Phi) is 3.36. The molecule has 4 heteroatoms. The number of hydrogen-bond donors (Lipinski definition) is 2. The van der Waals surface area contributed by atoms with Gasteiger partial charge >= 0.3 is 0 Å². The average Bonchev–Trinajstić information content (AvgIpc) is 3.07. The van der Waals surface area contributed by atoms with Crippen molar-refractivity contribution < 1.29 is 4.74 Å². The molecule has 2 heterocycles. The molecule has 0 spiro atoms. The number of ether oxygens (including phenoxy) is 1. The summed E-state index contributed by atoms with van der Waals surface area (Å²) in [4.78, 5) is 0. The van der Waals surface area contributed by atoms with E-state index in [9.17, 15) is 0 Å². The molecule has 0 amide bonds. The van der Waals surface area contributed by atoms with Crippen LogP contribution in [0.1, 0.15) is 18.9 Å². The van der Waals surface area contributed by atoms with E-state index in [1.807, 2.05) is 24.4 Å². The molecule has 19 heavy (non-hydrogen) atoms. The monoisotopic (exact) mass is 257 g/mol. The van der Waals surface area contributed by atoms with E-state index in [0.717, 1.165) is 31.9 Å². The molecule has 1 unspecified atom stereocenters. The molecule has 3 rings (SSSR count). The second-order valence-electron chi connectivity index (χ2n) is 5.35. The van der Waals surface area contributed by atoms with Crippen LogP contribution in [0.3, 0.4) is 0 Å². The molecule has 2 aromatic rings. The molecule has 1 fully saturated rings. The van der Waals surface area contributed by atoms with Gasteiger partial charge in [0.25, 0.3) is 0 Å². The third kappa shape index (κ3) is 2.69. The van der Waals surface area contributed by atoms with Crippen LogP contribution in [0.15, 0.2) is 36.5 Å². The fraction of sp³-hybridized carbons (Fsp3) is 0.400. The Morgan fingerprint density at radius 3 is 2.95 bits per heavy atom. The highest BCUT2D eigenvalue weighted by Gasteiger charge is 2.29. The van der Waals surface area contributed by atoms with E-state index in [0.29, 0.717) is 0 Å². The summed E-state index contributed by atoms with van der Waals surface area (Å²) >= 11 is 0. The molecule has 0 saturated carbocycles. The summed E-state index contributed by atoms with van der Waals surface area (Å²) in [6.07, 6.45) is 2.96. The first-order valence-electron chi connectivity index (χ1n) is 6.67. The molecule has 1 saturated heterocycles. The van der Waals surface area contributed by atoms with Crippen molar-refractivity contribution >= 4 is 0 Å². The number of aromatic amines is 1. The van der Waals surface area contributed by atoms with Gasteiger partial charge in [0, 0.05) is 24.3 Å². The molecule has 0 radical (unpaired) electrons. The van der Waals surface area contributed by atoms with Crippen molar-refractivity contribution in [3.63, 3.8) is 0 Å². The van der Waals surface area contributed by atoms with E-state index in [4.69, 9.17) is 4.74 Å². The average molecular weight is 257 g/mol. The second-order valence-corrected chi connectivity index (χ2v) is 5.35. The zero-order valence-electron chi connectivity index (χ0n) is 11.1. The molecular formula is C15H19N3O. The number of benzene rings is 1. The number of nitrogens with one attached hydrogen (secondary N) is 2. The van der Waals surface area contributed by atoms with E-state index in [2.05, 4.69) is 34.6 Å². The van der Waals surface area contributed by atoms with Crippen molar-refractivity contribution in [1.82, 2.24) is 15.5 Å². The highest BCUT2D eigenvalue weighted by atomic mass is 16.5. The maximum Gasteiger partial charge on any atom is 0.0695 e. The van der Waals surface area contributed by atoms with Gasteiger partial charge < -0.3 is 10.1 Å². The van der Waals surface area contributed by atoms with Crippen molar-refractivity contribution in [2.24, 2.45) is 0 Å². The summed E-state index contributed by atoms with van der Waals surface area (Å²) in [5, 5.41) is 10.8. The zero-order chi connectivity index (χ0) is 13.1. The van der Waals surface area contributed by atoms with E-state index in [1.165, 1.54) is 11.1 Å². The van der Waals surface area contributed by atoms with E-state index < -0.39 is 0 Å². The molecule has 0 aliphatic carbocycles. The first-order chi connectivity index (χ1) is 9.27. The molecule has 1 aromatic carbocycles. The van der Waals surface area contributed by atoms with Crippen LogP contribution in [0, 0.1) is 0 Å². The number of rotatable bonds is 4. The fourth-order valence-corrected chi connectivity index (χ4v) is 2.41. The first kappa shape index (κ1) is 12.4. The molecule has 1 aliphatic heterocycles. The van der Waals surface area contributed by atoms with Gasteiger partial charge in [-0.25, -0.2) is 0 Å². The van der Waals surface area contributed by atoms with E-state index >= 15 is 0 Å². The Morgan fingerprint density at radius 1 is 1.37 bits per heavy atom. The first-order valence-corrected chi connectivity index (χ1v) is 6.67. The smallest absolute Gasteiger partial charge is 0.0695 e. The van der Waals surface area contributed by atoms with Gasteiger partial charge in [-0.05, 0) is 18.9 Å². The number of H-pyrrole nitrogens is 1. The number of aromatic nitrogens is 2. The van der Waals surface area contributed by atoms with Crippen LogP contribution in [0.2, 0.25) is 0 Å². The Bertz CT molecular complexity index is 529. The van der Waals surface area contributed by atoms with Gasteiger partial charge in [0.05, 0.1) is 18.5 Å². The minimum atomic E-state index is 0.0885. The third-order valence-corrected chi connectivity index (χ3v) is 3.70. The SMILES string of the molecule is CC1(NCc2cn[nH]c2-c2ccccc2)CCOC1. The van der Waals surface area contributed by atoms with Crippen molar-refractivity contribution in [3.05, 3.63) is 42.1 Å². The Balaban J connectivity index is 1.74. The summed E-state index contributed by atoms with van der Waals surface area (Å²) in [6, 6.07) is 10.3. The lowest BCUT2D eigenvalue weighted by molar-refractivity contribution is 0.171. The summed E-state index contributed by atoms with van der Waals surface area (Å²) in [5.41, 5.74) is 3.55. The highest BCUT2D eigenvalue weighted by molar-refractivity contribution is 5.62. The predicted octanol–water partition coefficient (Wildman–Crippen LogP) is 2.35. The number of hydrogen-bond acceptors (Lipinski definition) is 3. The van der Waals surface area contributed by atoms with Crippen molar-refractivity contribution in [2.45, 2.75) is 25.4 Å². The van der Waals surface area contributed by atoms with Crippen molar-refractivity contribution in [1.29, 1.82) is 0 Å². The lowest BCUT2D eigenvalue weighted by atomic mass is 10.0. The van der Waals surface area contributed by atoms with Crippen LogP contribution >= 0.6 is 0 Å². The van der Waals surface area contributed by atoms with E-state index in [1.54, 1.807) is 0 Å². The largest absolute Gasteiger partial charge is 0.379 e. The van der Waals surface area contributed by atoms with Crippen LogP contribution in [-0.2, 0) is 11.3 Å². The van der Waals surface area contributed by atoms with Gasteiger partial charge in [-0.15, -0.1) is 0 Å². The minimum absolute atomic E-state index is 0.0885. The van der Waals surface area contributed by atoms with Crippen molar-refractivity contribution in [2.75, 3.05) is 13.2 Å². The standard InChI is InChI=1S/C15H19N3O/c1-15(7-8-19-11-15)16-9-13-10-17-18-14(13)12-5-3-2-4-6-12/h2-6,10,16H,7-9,11H2,1H3,(H,17,18). The summed E-state index contributed by atoms with van der Waals surface area (Å²) in [7, 11) is 0. The van der Waals surface area contributed by atoms with E-state index in [-0.39, 0.29) is 5.54 Å². The lowest BCUT2D eigenvalue weighted by Crippen LogP contribution is -2.42. The van der Waals surface area contributed by atoms with Crippen LogP contribution in [0.5, 0.6) is 0 Å². The van der Waals surface area contributed by atoms with Gasteiger partial charge in [0.2, 0.25) is 0 Å². The Morgan fingerprint density at radius 2 is 2.21 bits per heavy atom. The highest BCUT2D eigenvalue weighted by Crippen LogP contribution is 2.23. The molecule has 1 aliphatic rings. The minimum Gasteiger partial charge on any atom is -0.379 e. The van der Waals surface area contributed by atoms with Crippen molar-refractivity contribution in [3.8, 4) is 11.3 Å². The number of nitrogens with zero attached hydrogens (tertiary/aromatic N) is 1. The maximum atomic E-state index is 5.46. The predicted molar refractivity (Wildman–Crippen MR) is 74.7 cm³/mol. The third-order valence-electron chi connectivity index (χ3n) is 3.70. The Hall–Kier alpha value is -1.65. The summed E-state index contributed by atoms with van der Waals surface area (Å²) in [6.45, 7) is 4.65. The lowest BCUT2D eigenvalue weighted by Gasteiger charge is -2.23. The van der Waals surface area contributed by atoms with Crippen LogP contribution in [0.25, 0.3) is 11.3 Å². The zero-order valence-corrected chi connectivity index (χ0v) is 11.1. The van der Waals surface area contributed by atoms with Crippen LogP contribution in [0.4, 0.5) is 0 Å². The van der Waals surface area contributed by atoms with Crippen LogP contribution in [-0.4, -0.2) is 29.0 Å². The molecule has 1 atom stereocenters. The Labute approximate surface area is 113 Å². The summed E-state index contributed by atoms with van der Waals surface area (Å²) in [5.74, 6) is 0. The fourth-order valence-electron chi connectivity index (χ4n) is 2.41.